The fourth-order valence-corrected chi connectivity index (χ4v) is 3.96. The van der Waals surface area contributed by atoms with Gasteiger partial charge in [-0.25, -0.2) is 4.79 Å². The number of rotatable bonds is 9. The van der Waals surface area contributed by atoms with Gasteiger partial charge in [0.15, 0.2) is 0 Å². The van der Waals surface area contributed by atoms with Gasteiger partial charge in [-0.1, -0.05) is 30.9 Å². The molecule has 0 saturated carbocycles. The molecule has 0 saturated heterocycles. The number of unbranched alkanes of at least 4 members (excludes halogenated alkanes) is 4. The number of fused-ring (bicyclic) bond motifs is 2. The fraction of sp³-hybridized carbons (Fsp3) is 0.524. The monoisotopic (exact) mass is 389 g/mol. The average molecular weight is 390 g/mol. The van der Waals surface area contributed by atoms with Crippen molar-refractivity contribution in [2.45, 2.75) is 57.8 Å². The molecule has 1 aromatic carbocycles. The molecule has 0 spiro atoms. The number of halogens is 1. The molecule has 146 valence electrons. The number of hydrogen-bond acceptors (Lipinski definition) is 3. The summed E-state index contributed by atoms with van der Waals surface area (Å²) >= 11 is 6.24. The zero-order chi connectivity index (χ0) is 19.1. The molecule has 0 radical (unpaired) electrons. The first-order valence-electron chi connectivity index (χ1n) is 9.97. The lowest BCUT2D eigenvalue weighted by Crippen LogP contribution is -2.21. The van der Waals surface area contributed by atoms with E-state index in [0.29, 0.717) is 6.54 Å². The molecular weight excluding hydrogens is 362 g/mol. The number of nitrogens with zero attached hydrogens (tertiary/aromatic N) is 1. The van der Waals surface area contributed by atoms with E-state index in [1.54, 1.807) is 0 Å². The van der Waals surface area contributed by atoms with Gasteiger partial charge in [-0.15, -0.1) is 0 Å². The highest BCUT2D eigenvalue weighted by Gasteiger charge is 2.18. The van der Waals surface area contributed by atoms with Crippen molar-refractivity contribution in [3.8, 4) is 0 Å². The Labute approximate surface area is 165 Å². The van der Waals surface area contributed by atoms with Gasteiger partial charge < -0.3 is 15.7 Å². The Hall–Kier alpha value is -2.01. The topological polar surface area (TPSA) is 74.2 Å². The Balaban J connectivity index is 1.55. The van der Waals surface area contributed by atoms with Crippen LogP contribution in [0.2, 0.25) is 5.02 Å². The highest BCUT2D eigenvalue weighted by molar-refractivity contribution is 6.31. The first-order chi connectivity index (χ1) is 13.1. The second-order valence-corrected chi connectivity index (χ2v) is 7.64. The second-order valence-electron chi connectivity index (χ2n) is 7.21. The lowest BCUT2D eigenvalue weighted by molar-refractivity contribution is 0.194. The number of hydrogen-bond donors (Lipinski definition) is 3. The quantitative estimate of drug-likeness (QED) is 0.502. The number of pyridine rings is 1. The summed E-state index contributed by atoms with van der Waals surface area (Å²) in [5, 5.41) is 16.5. The first-order valence-corrected chi connectivity index (χ1v) is 10.3. The summed E-state index contributed by atoms with van der Waals surface area (Å²) in [6.07, 6.45) is 8.99. The largest absolute Gasteiger partial charge is 0.465 e. The van der Waals surface area contributed by atoms with E-state index in [1.807, 2.05) is 18.2 Å². The lowest BCUT2D eigenvalue weighted by Gasteiger charge is -2.22. The van der Waals surface area contributed by atoms with E-state index in [-0.39, 0.29) is 0 Å². The maximum absolute atomic E-state index is 10.4. The van der Waals surface area contributed by atoms with Crippen molar-refractivity contribution >= 4 is 34.3 Å². The minimum atomic E-state index is -0.938. The van der Waals surface area contributed by atoms with E-state index in [0.717, 1.165) is 67.4 Å². The van der Waals surface area contributed by atoms with Crippen LogP contribution in [0.15, 0.2) is 18.2 Å². The number of benzene rings is 1. The molecular formula is C21H28ClN3O2. The van der Waals surface area contributed by atoms with Gasteiger partial charge in [0.05, 0.1) is 5.52 Å². The first kappa shape index (κ1) is 19.7. The highest BCUT2D eigenvalue weighted by atomic mass is 35.5. The van der Waals surface area contributed by atoms with Crippen molar-refractivity contribution < 1.29 is 9.90 Å². The van der Waals surface area contributed by atoms with Crippen LogP contribution >= 0.6 is 11.6 Å². The third kappa shape index (κ3) is 5.48. The molecule has 0 bridgehead atoms. The molecule has 0 unspecified atom stereocenters. The molecule has 3 N–H and O–H groups in total. The van der Waals surface area contributed by atoms with Crippen LogP contribution in [-0.4, -0.2) is 29.3 Å². The van der Waals surface area contributed by atoms with Gasteiger partial charge in [0, 0.05) is 34.9 Å². The SMILES string of the molecule is O=C(O)NCCCCCCCNc1c2c(nc3ccc(Cl)cc13)CCCC2. The van der Waals surface area contributed by atoms with Gasteiger partial charge in [0.1, 0.15) is 0 Å². The Morgan fingerprint density at radius 1 is 1.07 bits per heavy atom. The van der Waals surface area contributed by atoms with Crippen LogP contribution in [0, 0.1) is 0 Å². The molecule has 1 heterocycles. The molecule has 0 fully saturated rings. The summed E-state index contributed by atoms with van der Waals surface area (Å²) in [4.78, 5) is 15.3. The van der Waals surface area contributed by atoms with Crippen molar-refractivity contribution in [1.29, 1.82) is 0 Å². The molecule has 5 nitrogen and oxygen atoms in total. The van der Waals surface area contributed by atoms with Gasteiger partial charge in [-0.2, -0.15) is 0 Å². The summed E-state index contributed by atoms with van der Waals surface area (Å²) in [6.45, 7) is 1.48. The van der Waals surface area contributed by atoms with E-state index in [1.165, 1.54) is 29.8 Å². The number of carbonyl (C=O) groups is 1. The molecule has 0 aliphatic heterocycles. The number of amides is 1. The van der Waals surface area contributed by atoms with Crippen LogP contribution in [0.4, 0.5) is 10.5 Å². The van der Waals surface area contributed by atoms with Gasteiger partial charge in [-0.05, 0) is 62.3 Å². The van der Waals surface area contributed by atoms with Crippen molar-refractivity contribution in [2.24, 2.45) is 0 Å². The lowest BCUT2D eigenvalue weighted by atomic mass is 9.92. The smallest absolute Gasteiger partial charge is 0.404 e. The van der Waals surface area contributed by atoms with Crippen LogP contribution in [0.3, 0.4) is 0 Å². The molecule has 2 aromatic rings. The van der Waals surface area contributed by atoms with Crippen molar-refractivity contribution in [1.82, 2.24) is 10.3 Å². The zero-order valence-corrected chi connectivity index (χ0v) is 16.4. The van der Waals surface area contributed by atoms with Crippen LogP contribution in [0.25, 0.3) is 10.9 Å². The molecule has 3 rings (SSSR count). The van der Waals surface area contributed by atoms with E-state index in [9.17, 15) is 4.79 Å². The molecule has 1 aromatic heterocycles. The minimum Gasteiger partial charge on any atom is -0.465 e. The Kier molecular flexibility index (Phi) is 7.16. The summed E-state index contributed by atoms with van der Waals surface area (Å²) in [5.74, 6) is 0. The molecule has 27 heavy (non-hydrogen) atoms. The van der Waals surface area contributed by atoms with Gasteiger partial charge in [0.2, 0.25) is 0 Å². The van der Waals surface area contributed by atoms with Crippen LogP contribution in [-0.2, 0) is 12.8 Å². The summed E-state index contributed by atoms with van der Waals surface area (Å²) in [7, 11) is 0. The van der Waals surface area contributed by atoms with Gasteiger partial charge in [0.25, 0.3) is 0 Å². The average Bonchev–Trinajstić information content (AvgIpc) is 2.66. The third-order valence-electron chi connectivity index (χ3n) is 5.16. The van der Waals surface area contributed by atoms with E-state index >= 15 is 0 Å². The number of carboxylic acid groups (broad SMARTS) is 1. The Morgan fingerprint density at radius 3 is 2.63 bits per heavy atom. The summed E-state index contributed by atoms with van der Waals surface area (Å²) in [5.41, 5.74) is 4.86. The molecule has 6 heteroatoms. The van der Waals surface area contributed by atoms with E-state index in [2.05, 4.69) is 10.6 Å². The zero-order valence-electron chi connectivity index (χ0n) is 15.7. The number of anilines is 1. The number of aryl methyl sites for hydroxylation is 1. The minimum absolute atomic E-state index is 0.545. The number of aromatic nitrogens is 1. The highest BCUT2D eigenvalue weighted by Crippen LogP contribution is 2.34. The Bertz CT molecular complexity index is 795. The molecule has 1 amide bonds. The van der Waals surface area contributed by atoms with Crippen molar-refractivity contribution in [3.05, 3.63) is 34.5 Å². The van der Waals surface area contributed by atoms with Crippen molar-refractivity contribution in [2.75, 3.05) is 18.4 Å². The maximum atomic E-state index is 10.4. The van der Waals surface area contributed by atoms with Crippen LogP contribution in [0.5, 0.6) is 0 Å². The second kappa shape index (κ2) is 9.79. The van der Waals surface area contributed by atoms with Crippen molar-refractivity contribution in [3.63, 3.8) is 0 Å². The third-order valence-corrected chi connectivity index (χ3v) is 5.39. The molecule has 1 aliphatic rings. The fourth-order valence-electron chi connectivity index (χ4n) is 3.79. The number of nitrogens with one attached hydrogen (secondary N) is 2. The molecule has 0 atom stereocenters. The standard InChI is InChI=1S/C21H28ClN3O2/c22-15-10-11-19-17(14-15)20(16-8-4-5-9-18(16)25-19)23-12-6-2-1-3-7-13-24-21(26)27/h10-11,14,24H,1-9,12-13H2,(H,23,25)(H,26,27). The Morgan fingerprint density at radius 2 is 1.81 bits per heavy atom. The maximum Gasteiger partial charge on any atom is 0.404 e. The van der Waals surface area contributed by atoms with E-state index < -0.39 is 6.09 Å². The predicted molar refractivity (Wildman–Crippen MR) is 111 cm³/mol. The van der Waals surface area contributed by atoms with E-state index in [4.69, 9.17) is 21.7 Å². The summed E-state index contributed by atoms with van der Waals surface area (Å²) < 4.78 is 0. The van der Waals surface area contributed by atoms with Gasteiger partial charge in [-0.3, -0.25) is 4.98 Å². The van der Waals surface area contributed by atoms with Crippen LogP contribution < -0.4 is 10.6 Å². The van der Waals surface area contributed by atoms with Crippen LogP contribution in [0.1, 0.15) is 56.2 Å². The van der Waals surface area contributed by atoms with Gasteiger partial charge >= 0.3 is 6.09 Å². The summed E-state index contributed by atoms with van der Waals surface area (Å²) in [6, 6.07) is 5.95. The predicted octanol–water partition coefficient (Wildman–Crippen LogP) is 5.40. The normalized spacial score (nSPS) is 13.4. The molecule has 1 aliphatic carbocycles.